The van der Waals surface area contributed by atoms with Crippen molar-refractivity contribution in [3.63, 3.8) is 0 Å². The Kier molecular flexibility index (Phi) is 4.11. The van der Waals surface area contributed by atoms with Crippen LogP contribution in [-0.2, 0) is 11.2 Å². The second-order valence-electron chi connectivity index (χ2n) is 5.35. The van der Waals surface area contributed by atoms with Crippen molar-refractivity contribution in [2.75, 3.05) is 6.61 Å². The molecule has 0 aliphatic rings. The van der Waals surface area contributed by atoms with E-state index in [-0.39, 0.29) is 18.6 Å². The van der Waals surface area contributed by atoms with Crippen molar-refractivity contribution in [3.05, 3.63) is 63.1 Å². The third-order valence-corrected chi connectivity index (χ3v) is 3.73. The molecule has 0 aliphatic carbocycles. The number of fused-ring (bicyclic) bond motifs is 1. The first-order valence-corrected chi connectivity index (χ1v) is 7.32. The van der Waals surface area contributed by atoms with Gasteiger partial charge in [-0.25, -0.2) is 19.2 Å². The maximum Gasteiger partial charge on any atom is 0.338 e. The van der Waals surface area contributed by atoms with Crippen molar-refractivity contribution in [1.29, 1.82) is 0 Å². The second kappa shape index (κ2) is 6.23. The van der Waals surface area contributed by atoms with Crippen molar-refractivity contribution >= 4 is 11.7 Å². The van der Waals surface area contributed by atoms with Gasteiger partial charge in [0.15, 0.2) is 0 Å². The third kappa shape index (κ3) is 2.90. The van der Waals surface area contributed by atoms with Crippen LogP contribution in [0.3, 0.4) is 0 Å². The zero-order chi connectivity index (χ0) is 17.3. The van der Waals surface area contributed by atoms with Crippen LogP contribution in [0.1, 0.15) is 27.2 Å². The fourth-order valence-corrected chi connectivity index (χ4v) is 2.46. The predicted octanol–water partition coefficient (Wildman–Crippen LogP) is 1.57. The number of H-pyrrole nitrogens is 1. The number of nitrogens with one attached hydrogen (secondary N) is 1. The van der Waals surface area contributed by atoms with E-state index in [9.17, 15) is 14.0 Å². The Morgan fingerprint density at radius 2 is 2.17 bits per heavy atom. The largest absolute Gasteiger partial charge is 0.462 e. The van der Waals surface area contributed by atoms with E-state index in [0.29, 0.717) is 28.2 Å². The zero-order valence-electron chi connectivity index (χ0n) is 13.2. The van der Waals surface area contributed by atoms with Crippen LogP contribution in [-0.4, -0.2) is 32.2 Å². The van der Waals surface area contributed by atoms with E-state index in [4.69, 9.17) is 4.74 Å². The highest BCUT2D eigenvalue weighted by Gasteiger charge is 2.14. The summed E-state index contributed by atoms with van der Waals surface area (Å²) >= 11 is 0. The normalized spacial score (nSPS) is 11.0. The van der Waals surface area contributed by atoms with Crippen LogP contribution in [0, 0.1) is 19.7 Å². The highest BCUT2D eigenvalue weighted by Crippen LogP contribution is 2.12. The molecule has 8 heteroatoms. The van der Waals surface area contributed by atoms with Gasteiger partial charge in [-0.15, -0.1) is 0 Å². The Balaban J connectivity index is 1.72. The first kappa shape index (κ1) is 15.9. The number of hydrogen-bond donors (Lipinski definition) is 1. The molecule has 0 saturated carbocycles. The molecule has 0 aliphatic heterocycles. The Bertz CT molecular complexity index is 977. The number of halogens is 1. The second-order valence-corrected chi connectivity index (χ2v) is 5.35. The van der Waals surface area contributed by atoms with E-state index < -0.39 is 11.8 Å². The number of aromatic nitrogens is 4. The van der Waals surface area contributed by atoms with Gasteiger partial charge in [0.25, 0.3) is 11.3 Å². The Hall–Kier alpha value is -3.03. The minimum absolute atomic E-state index is 0.0214. The minimum Gasteiger partial charge on any atom is -0.462 e. The van der Waals surface area contributed by atoms with Crippen LogP contribution in [0.25, 0.3) is 5.78 Å². The number of aryl methyl sites for hydroxylation is 2. The molecule has 0 atom stereocenters. The van der Waals surface area contributed by atoms with E-state index in [1.54, 1.807) is 13.8 Å². The number of aromatic amines is 1. The Morgan fingerprint density at radius 3 is 2.92 bits per heavy atom. The quantitative estimate of drug-likeness (QED) is 0.734. The summed E-state index contributed by atoms with van der Waals surface area (Å²) in [4.78, 5) is 32.5. The summed E-state index contributed by atoms with van der Waals surface area (Å²) in [6.45, 7) is 3.36. The molecule has 0 amide bonds. The number of rotatable bonds is 4. The van der Waals surface area contributed by atoms with Crippen LogP contribution >= 0.6 is 0 Å². The fourth-order valence-electron chi connectivity index (χ4n) is 2.46. The van der Waals surface area contributed by atoms with Crippen molar-refractivity contribution in [2.45, 2.75) is 20.3 Å². The summed E-state index contributed by atoms with van der Waals surface area (Å²) in [5.41, 5.74) is 1.51. The summed E-state index contributed by atoms with van der Waals surface area (Å²) < 4.78 is 19.5. The maximum absolute atomic E-state index is 13.1. The summed E-state index contributed by atoms with van der Waals surface area (Å²) in [7, 11) is 0. The van der Waals surface area contributed by atoms with Gasteiger partial charge >= 0.3 is 5.97 Å². The molecule has 0 radical (unpaired) electrons. The molecule has 0 bridgehead atoms. The van der Waals surface area contributed by atoms with Crippen LogP contribution < -0.4 is 5.56 Å². The molecule has 3 rings (SSSR count). The van der Waals surface area contributed by atoms with Gasteiger partial charge in [0, 0.05) is 12.0 Å². The van der Waals surface area contributed by atoms with E-state index in [2.05, 4.69) is 15.1 Å². The number of nitrogens with zero attached hydrogens (tertiary/aromatic N) is 3. The summed E-state index contributed by atoms with van der Waals surface area (Å²) in [6, 6.07) is 3.85. The molecule has 2 aromatic heterocycles. The zero-order valence-corrected chi connectivity index (χ0v) is 13.2. The summed E-state index contributed by atoms with van der Waals surface area (Å²) in [5.74, 6) is -0.673. The van der Waals surface area contributed by atoms with Gasteiger partial charge in [0.05, 0.1) is 17.9 Å². The monoisotopic (exact) mass is 330 g/mol. The lowest BCUT2D eigenvalue weighted by atomic mass is 10.1. The van der Waals surface area contributed by atoms with Crippen LogP contribution in [0.2, 0.25) is 0 Å². The Labute approximate surface area is 136 Å². The Morgan fingerprint density at radius 1 is 1.38 bits per heavy atom. The van der Waals surface area contributed by atoms with E-state index >= 15 is 0 Å². The number of carbonyl (C=O) groups excluding carboxylic acids is 1. The average Bonchev–Trinajstić information content (AvgIpc) is 2.98. The molecule has 0 fully saturated rings. The molecule has 1 N–H and O–H groups in total. The number of benzene rings is 1. The third-order valence-electron chi connectivity index (χ3n) is 3.73. The lowest BCUT2D eigenvalue weighted by Crippen LogP contribution is -2.23. The van der Waals surface area contributed by atoms with Crippen molar-refractivity contribution in [3.8, 4) is 0 Å². The highest BCUT2D eigenvalue weighted by molar-refractivity contribution is 5.90. The first-order valence-electron chi connectivity index (χ1n) is 7.32. The van der Waals surface area contributed by atoms with Crippen molar-refractivity contribution < 1.29 is 13.9 Å². The summed E-state index contributed by atoms with van der Waals surface area (Å²) in [5, 5.41) is 2.68. The van der Waals surface area contributed by atoms with Gasteiger partial charge in [-0.3, -0.25) is 9.89 Å². The van der Waals surface area contributed by atoms with Gasteiger partial charge in [0.2, 0.25) is 0 Å². The van der Waals surface area contributed by atoms with E-state index in [1.165, 1.54) is 29.0 Å². The van der Waals surface area contributed by atoms with Crippen LogP contribution in [0.5, 0.6) is 0 Å². The number of hydrogen-bond acceptors (Lipinski definition) is 5. The van der Waals surface area contributed by atoms with Crippen LogP contribution in [0.15, 0.2) is 29.3 Å². The van der Waals surface area contributed by atoms with Gasteiger partial charge in [-0.05, 0) is 37.6 Å². The molecular weight excluding hydrogens is 315 g/mol. The van der Waals surface area contributed by atoms with Crippen LogP contribution in [0.4, 0.5) is 4.39 Å². The van der Waals surface area contributed by atoms with Crippen molar-refractivity contribution in [1.82, 2.24) is 19.6 Å². The predicted molar refractivity (Wildman–Crippen MR) is 83.5 cm³/mol. The average molecular weight is 330 g/mol. The van der Waals surface area contributed by atoms with Gasteiger partial charge < -0.3 is 4.74 Å². The molecule has 1 aromatic carbocycles. The van der Waals surface area contributed by atoms with Gasteiger partial charge in [-0.1, -0.05) is 0 Å². The minimum atomic E-state index is -0.555. The molecule has 2 heterocycles. The number of carbonyl (C=O) groups is 1. The molecule has 124 valence electrons. The number of ether oxygens (including phenoxy) is 1. The standard InChI is InChI=1S/C16H15FN4O3/c1-9-7-11(17)3-4-12(9)15(23)24-6-5-13-10(2)20-16-18-8-19-21(16)14(13)22/h3-4,7-8H,5-6H2,1-2H3,(H,18,19,20). The van der Waals surface area contributed by atoms with E-state index in [1.807, 2.05) is 0 Å². The fraction of sp³-hybridized carbons (Fsp3) is 0.250. The molecular formula is C16H15FN4O3. The van der Waals surface area contributed by atoms with Gasteiger partial charge in [0.1, 0.15) is 12.1 Å². The molecule has 7 nitrogen and oxygen atoms in total. The lowest BCUT2D eigenvalue weighted by molar-refractivity contribution is 0.0507. The molecule has 0 unspecified atom stereocenters. The first-order chi connectivity index (χ1) is 11.5. The van der Waals surface area contributed by atoms with E-state index in [0.717, 1.165) is 0 Å². The maximum atomic E-state index is 13.1. The molecule has 3 aromatic rings. The molecule has 24 heavy (non-hydrogen) atoms. The summed E-state index contributed by atoms with van der Waals surface area (Å²) in [6.07, 6.45) is 1.61. The smallest absolute Gasteiger partial charge is 0.338 e. The SMILES string of the molecule is Cc1cc(F)ccc1C(=O)OCCc1c(C)nc2nc[nH]n2c1=O. The topological polar surface area (TPSA) is 89.3 Å². The molecule has 0 spiro atoms. The van der Waals surface area contributed by atoms with Crippen molar-refractivity contribution in [2.24, 2.45) is 0 Å². The molecule has 0 saturated heterocycles. The highest BCUT2D eigenvalue weighted by atomic mass is 19.1. The lowest BCUT2D eigenvalue weighted by Gasteiger charge is -2.08. The van der Waals surface area contributed by atoms with Gasteiger partial charge in [-0.2, -0.15) is 4.52 Å². The number of esters is 1.